The van der Waals surface area contributed by atoms with Crippen molar-refractivity contribution in [2.45, 2.75) is 13.1 Å². The number of rotatable bonds is 1. The van der Waals surface area contributed by atoms with Crippen LogP contribution in [0.25, 0.3) is 10.6 Å². The van der Waals surface area contributed by atoms with Gasteiger partial charge in [0.1, 0.15) is 5.01 Å². The van der Waals surface area contributed by atoms with Crippen molar-refractivity contribution < 1.29 is 13.2 Å². The smallest absolute Gasteiger partial charge is 0.258 e. The Hall–Kier alpha value is -1.21. The summed E-state index contributed by atoms with van der Waals surface area (Å²) >= 11 is 6.12. The van der Waals surface area contributed by atoms with Crippen LogP contribution in [0, 0.1) is 10.9 Å². The number of aromatic nitrogens is 2. The minimum atomic E-state index is -4.32. The normalized spacial score (nSPS) is 11.8. The summed E-state index contributed by atoms with van der Waals surface area (Å²) in [4.78, 5) is 0. The number of hydrogen-bond donors (Lipinski definition) is 1. The van der Waals surface area contributed by atoms with Crippen LogP contribution >= 0.6 is 23.6 Å². The third kappa shape index (κ3) is 2.55. The summed E-state index contributed by atoms with van der Waals surface area (Å²) < 4.78 is 37.9. The highest BCUT2D eigenvalue weighted by Gasteiger charge is 2.30. The number of alkyl halides is 3. The highest BCUT2D eigenvalue weighted by molar-refractivity contribution is 7.73. The molecule has 0 radical (unpaired) electrons. The summed E-state index contributed by atoms with van der Waals surface area (Å²) in [5.41, 5.74) is 0.533. The first kappa shape index (κ1) is 12.3. The molecule has 90 valence electrons. The molecule has 0 aliphatic rings. The van der Waals surface area contributed by atoms with E-state index in [0.717, 1.165) is 12.1 Å². The lowest BCUT2D eigenvalue weighted by atomic mass is 10.1. The van der Waals surface area contributed by atoms with E-state index in [1.54, 1.807) is 6.92 Å². The Balaban J connectivity index is 2.49. The fourth-order valence-corrected chi connectivity index (χ4v) is 2.40. The van der Waals surface area contributed by atoms with Gasteiger partial charge in [0.2, 0.25) is 0 Å². The van der Waals surface area contributed by atoms with Crippen molar-refractivity contribution in [1.29, 1.82) is 0 Å². The molecule has 0 atom stereocenters. The van der Waals surface area contributed by atoms with Gasteiger partial charge >= 0.3 is 6.18 Å². The average molecular weight is 276 g/mol. The van der Waals surface area contributed by atoms with Crippen LogP contribution in [0.4, 0.5) is 13.2 Å². The third-order valence-corrected chi connectivity index (χ3v) is 3.34. The first-order valence-corrected chi connectivity index (χ1v) is 5.84. The number of H-pyrrole nitrogens is 1. The van der Waals surface area contributed by atoms with Gasteiger partial charge in [-0.25, -0.2) is 0 Å². The minimum Gasteiger partial charge on any atom is -0.258 e. The van der Waals surface area contributed by atoms with E-state index >= 15 is 0 Å². The second-order valence-corrected chi connectivity index (χ2v) is 5.11. The van der Waals surface area contributed by atoms with Crippen LogP contribution in [0.5, 0.6) is 0 Å². The van der Waals surface area contributed by atoms with Gasteiger partial charge in [-0.1, -0.05) is 17.4 Å². The highest BCUT2D eigenvalue weighted by atomic mass is 32.1. The van der Waals surface area contributed by atoms with E-state index in [4.69, 9.17) is 12.2 Å². The zero-order valence-electron chi connectivity index (χ0n) is 8.63. The first-order chi connectivity index (χ1) is 7.88. The van der Waals surface area contributed by atoms with E-state index in [1.165, 1.54) is 17.4 Å². The molecule has 2 aromatic rings. The fourth-order valence-electron chi connectivity index (χ4n) is 1.43. The Morgan fingerprint density at radius 1 is 1.35 bits per heavy atom. The topological polar surface area (TPSA) is 28.7 Å². The Morgan fingerprint density at radius 2 is 2.06 bits per heavy atom. The number of hydrogen-bond acceptors (Lipinski definition) is 3. The molecule has 7 heteroatoms. The molecule has 2 rings (SSSR count). The van der Waals surface area contributed by atoms with E-state index in [0.29, 0.717) is 20.1 Å². The van der Waals surface area contributed by atoms with E-state index in [9.17, 15) is 13.2 Å². The lowest BCUT2D eigenvalue weighted by Gasteiger charge is -2.09. The molecule has 0 spiro atoms. The first-order valence-electron chi connectivity index (χ1n) is 4.61. The van der Waals surface area contributed by atoms with E-state index < -0.39 is 11.7 Å². The molecule has 0 unspecified atom stereocenters. The number of aryl methyl sites for hydroxylation is 1. The van der Waals surface area contributed by atoms with Crippen LogP contribution in [0.3, 0.4) is 0 Å². The maximum atomic E-state index is 12.5. The van der Waals surface area contributed by atoms with Crippen LogP contribution in [0.1, 0.15) is 11.1 Å². The van der Waals surface area contributed by atoms with E-state index in [1.807, 2.05) is 0 Å². The van der Waals surface area contributed by atoms with Crippen molar-refractivity contribution in [3.63, 3.8) is 0 Å². The maximum absolute atomic E-state index is 12.5. The maximum Gasteiger partial charge on any atom is 0.416 e. The van der Waals surface area contributed by atoms with E-state index in [2.05, 4.69) is 10.2 Å². The highest BCUT2D eigenvalue weighted by Crippen LogP contribution is 2.33. The Labute approximate surface area is 104 Å². The van der Waals surface area contributed by atoms with Crippen molar-refractivity contribution in [2.24, 2.45) is 0 Å². The number of benzene rings is 1. The largest absolute Gasteiger partial charge is 0.416 e. The number of nitrogens with zero attached hydrogens (tertiary/aromatic N) is 1. The van der Waals surface area contributed by atoms with E-state index in [-0.39, 0.29) is 0 Å². The zero-order valence-corrected chi connectivity index (χ0v) is 10.3. The standard InChI is InChI=1S/C10H7F3N2S2/c1-5-4-6(10(11,12)13)2-3-7(5)8-14-15-9(16)17-8/h2-4H,1H3,(H,15,16). The number of aromatic amines is 1. The number of nitrogens with one attached hydrogen (secondary N) is 1. The van der Waals surface area contributed by atoms with Crippen molar-refractivity contribution >= 4 is 23.6 Å². The van der Waals surface area contributed by atoms with Crippen LogP contribution in [-0.4, -0.2) is 10.2 Å². The SMILES string of the molecule is Cc1cc(C(F)(F)F)ccc1-c1n[nH]c(=S)s1. The van der Waals surface area contributed by atoms with Gasteiger partial charge in [-0.05, 0) is 36.8 Å². The predicted octanol–water partition coefficient (Wildman–Crippen LogP) is 4.19. The molecule has 1 aromatic heterocycles. The van der Waals surface area contributed by atoms with Gasteiger partial charge in [-0.15, -0.1) is 0 Å². The quantitative estimate of drug-likeness (QED) is 0.791. The molecular formula is C10H7F3N2S2. The van der Waals surface area contributed by atoms with Crippen LogP contribution in [-0.2, 0) is 6.18 Å². The second kappa shape index (κ2) is 4.23. The van der Waals surface area contributed by atoms with Gasteiger partial charge in [0.15, 0.2) is 3.95 Å². The monoisotopic (exact) mass is 276 g/mol. The van der Waals surface area contributed by atoms with Crippen molar-refractivity contribution in [2.75, 3.05) is 0 Å². The lowest BCUT2D eigenvalue weighted by Crippen LogP contribution is -2.05. The lowest BCUT2D eigenvalue weighted by molar-refractivity contribution is -0.137. The second-order valence-electron chi connectivity index (χ2n) is 3.45. The van der Waals surface area contributed by atoms with Crippen LogP contribution in [0.2, 0.25) is 0 Å². The Bertz CT molecular complexity index is 598. The zero-order chi connectivity index (χ0) is 12.6. The summed E-state index contributed by atoms with van der Waals surface area (Å²) in [5.74, 6) is 0. The molecule has 0 aliphatic carbocycles. The average Bonchev–Trinajstić information content (AvgIpc) is 2.63. The predicted molar refractivity (Wildman–Crippen MR) is 62.5 cm³/mol. The summed E-state index contributed by atoms with van der Waals surface area (Å²) in [6, 6.07) is 3.58. The molecule has 2 nitrogen and oxygen atoms in total. The van der Waals surface area contributed by atoms with Crippen molar-refractivity contribution in [1.82, 2.24) is 10.2 Å². The molecule has 0 bridgehead atoms. The van der Waals surface area contributed by atoms with Gasteiger partial charge in [-0.3, -0.25) is 5.10 Å². The summed E-state index contributed by atoms with van der Waals surface area (Å²) in [6.07, 6.45) is -4.32. The summed E-state index contributed by atoms with van der Waals surface area (Å²) in [5, 5.41) is 7.15. The molecule has 0 saturated heterocycles. The van der Waals surface area contributed by atoms with Gasteiger partial charge in [0, 0.05) is 5.56 Å². The molecule has 17 heavy (non-hydrogen) atoms. The minimum absolute atomic E-state index is 0.499. The summed E-state index contributed by atoms with van der Waals surface area (Å²) in [7, 11) is 0. The molecule has 0 saturated carbocycles. The van der Waals surface area contributed by atoms with Gasteiger partial charge < -0.3 is 0 Å². The summed E-state index contributed by atoms with van der Waals surface area (Å²) in [6.45, 7) is 1.62. The molecule has 0 fully saturated rings. The Kier molecular flexibility index (Phi) is 3.05. The Morgan fingerprint density at radius 3 is 2.53 bits per heavy atom. The fraction of sp³-hybridized carbons (Fsp3) is 0.200. The molecule has 0 aliphatic heterocycles. The molecule has 1 heterocycles. The number of halogens is 3. The van der Waals surface area contributed by atoms with Crippen molar-refractivity contribution in [3.05, 3.63) is 33.3 Å². The third-order valence-electron chi connectivity index (χ3n) is 2.22. The van der Waals surface area contributed by atoms with Crippen molar-refractivity contribution in [3.8, 4) is 10.6 Å². The molecule has 1 aromatic carbocycles. The van der Waals surface area contributed by atoms with Gasteiger partial charge in [0.05, 0.1) is 5.56 Å². The van der Waals surface area contributed by atoms with Gasteiger partial charge in [-0.2, -0.15) is 18.3 Å². The van der Waals surface area contributed by atoms with Crippen LogP contribution < -0.4 is 0 Å². The van der Waals surface area contributed by atoms with Gasteiger partial charge in [0.25, 0.3) is 0 Å². The molecule has 0 amide bonds. The van der Waals surface area contributed by atoms with Crippen LogP contribution in [0.15, 0.2) is 18.2 Å². The molecule has 1 N–H and O–H groups in total. The molecular weight excluding hydrogens is 269 g/mol.